The summed E-state index contributed by atoms with van der Waals surface area (Å²) in [6, 6.07) is 5.12. The van der Waals surface area contributed by atoms with E-state index in [4.69, 9.17) is 0 Å². The Morgan fingerprint density at radius 3 is 2.71 bits per heavy atom. The Hall–Kier alpha value is -2.90. The molecule has 0 bridgehead atoms. The first-order valence-electron chi connectivity index (χ1n) is 9.74. The van der Waals surface area contributed by atoms with Crippen LogP contribution in [0.4, 0.5) is 32.3 Å². The number of hydrazine groups is 1. The van der Waals surface area contributed by atoms with Crippen LogP contribution >= 0.6 is 0 Å². The molecule has 8 heteroatoms. The second-order valence-electron chi connectivity index (χ2n) is 7.35. The lowest BCUT2D eigenvalue weighted by atomic mass is 10.2. The van der Waals surface area contributed by atoms with Crippen LogP contribution in [0.15, 0.2) is 24.4 Å². The van der Waals surface area contributed by atoms with Crippen molar-refractivity contribution in [2.75, 3.05) is 28.8 Å². The van der Waals surface area contributed by atoms with Gasteiger partial charge in [-0.25, -0.2) is 19.2 Å². The number of aromatic nitrogens is 2. The minimum Gasteiger partial charge on any atom is -0.322 e. The molecule has 1 saturated carbocycles. The van der Waals surface area contributed by atoms with E-state index in [-0.39, 0.29) is 17.9 Å². The largest absolute Gasteiger partial charge is 0.343 e. The molecule has 1 aliphatic heterocycles. The molecule has 0 unspecified atom stereocenters. The minimum absolute atomic E-state index is 0.0872. The number of nitrogens with zero attached hydrogens (tertiary/aromatic N) is 5. The molecule has 2 amide bonds. The van der Waals surface area contributed by atoms with Crippen LogP contribution in [0.2, 0.25) is 0 Å². The molecule has 1 aromatic heterocycles. The molecule has 1 aromatic carbocycles. The molecule has 2 heterocycles. The van der Waals surface area contributed by atoms with E-state index in [1.54, 1.807) is 29.2 Å². The molecule has 0 saturated heterocycles. The number of benzene rings is 1. The van der Waals surface area contributed by atoms with Crippen LogP contribution in [0.25, 0.3) is 0 Å². The average Bonchev–Trinajstić information content (AvgIpc) is 3.21. The van der Waals surface area contributed by atoms with E-state index in [9.17, 15) is 9.18 Å². The van der Waals surface area contributed by atoms with Gasteiger partial charge in [-0.3, -0.25) is 9.91 Å². The van der Waals surface area contributed by atoms with Gasteiger partial charge in [-0.05, 0) is 44.4 Å². The van der Waals surface area contributed by atoms with Crippen molar-refractivity contribution < 1.29 is 9.18 Å². The quantitative estimate of drug-likeness (QED) is 0.855. The van der Waals surface area contributed by atoms with Crippen molar-refractivity contribution in [2.24, 2.45) is 0 Å². The number of rotatable bonds is 4. The van der Waals surface area contributed by atoms with Gasteiger partial charge >= 0.3 is 6.03 Å². The maximum atomic E-state index is 14.2. The van der Waals surface area contributed by atoms with Crippen LogP contribution in [0.1, 0.15) is 38.2 Å². The second-order valence-corrected chi connectivity index (χ2v) is 7.35. The Bertz CT molecular complexity index is 898. The number of urea groups is 1. The molecule has 148 valence electrons. The zero-order chi connectivity index (χ0) is 19.8. The molecule has 0 radical (unpaired) electrons. The normalized spacial score (nSPS) is 17.3. The monoisotopic (exact) mass is 384 g/mol. The van der Waals surface area contributed by atoms with Gasteiger partial charge in [-0.1, -0.05) is 18.9 Å². The summed E-state index contributed by atoms with van der Waals surface area (Å²) in [5.41, 5.74) is 1.84. The van der Waals surface area contributed by atoms with E-state index < -0.39 is 0 Å². The van der Waals surface area contributed by atoms with Gasteiger partial charge < -0.3 is 5.32 Å². The van der Waals surface area contributed by atoms with E-state index in [1.807, 2.05) is 24.9 Å². The smallest absolute Gasteiger partial charge is 0.322 e. The summed E-state index contributed by atoms with van der Waals surface area (Å²) < 4.78 is 14.2. The van der Waals surface area contributed by atoms with Crippen molar-refractivity contribution >= 4 is 29.2 Å². The molecule has 1 fully saturated rings. The van der Waals surface area contributed by atoms with Crippen molar-refractivity contribution in [1.82, 2.24) is 15.0 Å². The van der Waals surface area contributed by atoms with E-state index in [1.165, 1.54) is 6.07 Å². The SMILES string of the molecule is CCN1C(=O)N(C)c2cnc(Nc3ccc(C)cc3F)nc2N1C1CCCC1. The van der Waals surface area contributed by atoms with E-state index in [0.29, 0.717) is 29.7 Å². The lowest BCUT2D eigenvalue weighted by molar-refractivity contribution is 0.191. The van der Waals surface area contributed by atoms with Gasteiger partial charge in [0.15, 0.2) is 5.82 Å². The number of amides is 2. The molecule has 4 rings (SSSR count). The average molecular weight is 384 g/mol. The Balaban J connectivity index is 1.74. The standard InChI is InChI=1S/C20H25FN6O/c1-4-26-20(28)25(3)17-12-22-19(23-16-10-9-13(2)11-15(16)21)24-18(17)27(26)14-7-5-6-8-14/h9-12,14H,4-8H2,1-3H3,(H,22,23,24). The summed E-state index contributed by atoms with van der Waals surface area (Å²) in [5, 5.41) is 6.73. The zero-order valence-corrected chi connectivity index (χ0v) is 16.4. The highest BCUT2D eigenvalue weighted by molar-refractivity contribution is 5.98. The molecule has 7 nitrogen and oxygen atoms in total. The van der Waals surface area contributed by atoms with E-state index in [2.05, 4.69) is 15.3 Å². The number of nitrogens with one attached hydrogen (secondary N) is 1. The lowest BCUT2D eigenvalue weighted by Crippen LogP contribution is -2.59. The highest BCUT2D eigenvalue weighted by Gasteiger charge is 2.39. The summed E-state index contributed by atoms with van der Waals surface area (Å²) >= 11 is 0. The van der Waals surface area contributed by atoms with Gasteiger partial charge in [-0.2, -0.15) is 4.98 Å². The number of carbonyl (C=O) groups is 1. The van der Waals surface area contributed by atoms with Gasteiger partial charge in [0.1, 0.15) is 11.5 Å². The summed E-state index contributed by atoms with van der Waals surface area (Å²) in [6.45, 7) is 4.35. The maximum Gasteiger partial charge on any atom is 0.343 e. The highest BCUT2D eigenvalue weighted by Crippen LogP contribution is 2.38. The van der Waals surface area contributed by atoms with Crippen LogP contribution in [0.3, 0.4) is 0 Å². The molecular formula is C20H25FN6O. The van der Waals surface area contributed by atoms with Crippen molar-refractivity contribution in [3.8, 4) is 0 Å². The first-order chi connectivity index (χ1) is 13.5. The lowest BCUT2D eigenvalue weighted by Gasteiger charge is -2.45. The third-order valence-electron chi connectivity index (χ3n) is 5.44. The number of halogens is 1. The fourth-order valence-corrected chi connectivity index (χ4v) is 3.96. The van der Waals surface area contributed by atoms with Crippen molar-refractivity contribution in [1.29, 1.82) is 0 Å². The maximum absolute atomic E-state index is 14.2. The molecule has 2 aromatic rings. The number of hydrogen-bond donors (Lipinski definition) is 1. The first-order valence-corrected chi connectivity index (χ1v) is 9.74. The molecule has 0 spiro atoms. The van der Waals surface area contributed by atoms with Crippen LogP contribution < -0.4 is 15.2 Å². The van der Waals surface area contributed by atoms with Gasteiger partial charge in [0.25, 0.3) is 0 Å². The molecule has 1 N–H and O–H groups in total. The minimum atomic E-state index is -0.351. The topological polar surface area (TPSA) is 64.6 Å². The Labute approximate surface area is 164 Å². The van der Waals surface area contributed by atoms with E-state index in [0.717, 1.165) is 31.2 Å². The number of fused-ring (bicyclic) bond motifs is 1. The Morgan fingerprint density at radius 1 is 1.29 bits per heavy atom. The molecule has 1 aliphatic carbocycles. The van der Waals surface area contributed by atoms with Crippen LogP contribution in [0, 0.1) is 12.7 Å². The first kappa shape index (κ1) is 18.5. The fourth-order valence-electron chi connectivity index (χ4n) is 3.96. The van der Waals surface area contributed by atoms with Crippen molar-refractivity contribution in [2.45, 2.75) is 45.6 Å². The third-order valence-corrected chi connectivity index (χ3v) is 5.44. The summed E-state index contributed by atoms with van der Waals surface area (Å²) in [6.07, 6.45) is 5.95. The van der Waals surface area contributed by atoms with Crippen LogP contribution in [0.5, 0.6) is 0 Å². The molecular weight excluding hydrogens is 359 g/mol. The Morgan fingerprint density at radius 2 is 2.04 bits per heavy atom. The van der Waals surface area contributed by atoms with E-state index >= 15 is 0 Å². The molecule has 2 aliphatic rings. The number of anilines is 4. The molecule has 28 heavy (non-hydrogen) atoms. The van der Waals surface area contributed by atoms with Crippen LogP contribution in [-0.4, -0.2) is 40.6 Å². The third kappa shape index (κ3) is 3.12. The number of hydrogen-bond acceptors (Lipinski definition) is 5. The summed E-state index contributed by atoms with van der Waals surface area (Å²) in [4.78, 5) is 23.4. The second kappa shape index (κ2) is 7.26. The summed E-state index contributed by atoms with van der Waals surface area (Å²) in [5.74, 6) is 0.639. The zero-order valence-electron chi connectivity index (χ0n) is 16.4. The van der Waals surface area contributed by atoms with Gasteiger partial charge in [0.2, 0.25) is 5.95 Å². The highest BCUT2D eigenvalue weighted by atomic mass is 19.1. The van der Waals surface area contributed by atoms with Crippen molar-refractivity contribution in [3.63, 3.8) is 0 Å². The van der Waals surface area contributed by atoms with Crippen LogP contribution in [-0.2, 0) is 0 Å². The predicted octanol–water partition coefficient (Wildman–Crippen LogP) is 4.22. The number of carbonyl (C=O) groups excluding carboxylic acids is 1. The Kier molecular flexibility index (Phi) is 4.78. The summed E-state index contributed by atoms with van der Waals surface area (Å²) in [7, 11) is 1.73. The van der Waals surface area contributed by atoms with Gasteiger partial charge in [-0.15, -0.1) is 0 Å². The fraction of sp³-hybridized carbons (Fsp3) is 0.450. The van der Waals surface area contributed by atoms with Gasteiger partial charge in [0.05, 0.1) is 17.9 Å². The number of aryl methyl sites for hydroxylation is 1. The van der Waals surface area contributed by atoms with Crippen molar-refractivity contribution in [3.05, 3.63) is 35.8 Å². The molecule has 0 atom stereocenters. The van der Waals surface area contributed by atoms with Gasteiger partial charge in [0, 0.05) is 13.6 Å². The predicted molar refractivity (Wildman–Crippen MR) is 107 cm³/mol.